The molecule has 104 valence electrons. The highest BCUT2D eigenvalue weighted by Gasteiger charge is 2.15. The summed E-state index contributed by atoms with van der Waals surface area (Å²) in [4.78, 5) is 22.1. The van der Waals surface area contributed by atoms with E-state index in [9.17, 15) is 14.9 Å². The molecule has 0 saturated carbocycles. The van der Waals surface area contributed by atoms with Gasteiger partial charge >= 0.3 is 0 Å². The van der Waals surface area contributed by atoms with E-state index in [0.29, 0.717) is 15.9 Å². The summed E-state index contributed by atoms with van der Waals surface area (Å²) in [5, 5.41) is 17.4. The Labute approximate surface area is 122 Å². The van der Waals surface area contributed by atoms with Crippen LogP contribution in [0, 0.1) is 17.0 Å². The third-order valence-corrected chi connectivity index (χ3v) is 3.67. The van der Waals surface area contributed by atoms with Crippen LogP contribution in [0.3, 0.4) is 0 Å². The molecule has 2 rings (SSSR count). The molecule has 0 fully saturated rings. The number of rotatable bonds is 3. The molecule has 1 aromatic heterocycles. The van der Waals surface area contributed by atoms with Crippen LogP contribution >= 0.6 is 15.9 Å². The van der Waals surface area contributed by atoms with E-state index in [-0.39, 0.29) is 11.6 Å². The van der Waals surface area contributed by atoms with Gasteiger partial charge in [0.05, 0.1) is 15.1 Å². The Hall–Kier alpha value is -2.22. The lowest BCUT2D eigenvalue weighted by molar-refractivity contribution is -0.384. The Balaban J connectivity index is 2.22. The first-order valence-electron chi connectivity index (χ1n) is 5.65. The van der Waals surface area contributed by atoms with Gasteiger partial charge in [-0.05, 0) is 35.0 Å². The molecule has 0 atom stereocenters. The molecule has 0 bridgehead atoms. The summed E-state index contributed by atoms with van der Waals surface area (Å²) in [5.41, 5.74) is 1.03. The lowest BCUT2D eigenvalue weighted by Gasteiger charge is -2.06. The van der Waals surface area contributed by atoms with Gasteiger partial charge in [0.15, 0.2) is 0 Å². The predicted octanol–water partition coefficient (Wildman–Crippen LogP) is 2.65. The summed E-state index contributed by atoms with van der Waals surface area (Å²) in [7, 11) is 1.71. The van der Waals surface area contributed by atoms with Crippen molar-refractivity contribution in [2.45, 2.75) is 6.92 Å². The van der Waals surface area contributed by atoms with Crippen molar-refractivity contribution in [1.82, 2.24) is 9.78 Å². The second-order valence-electron chi connectivity index (χ2n) is 4.13. The van der Waals surface area contributed by atoms with Gasteiger partial charge in [0, 0.05) is 24.7 Å². The number of hydrogen-bond donors (Lipinski definition) is 1. The Kier molecular flexibility index (Phi) is 3.84. The molecule has 0 aliphatic rings. The standard InChI is InChI=1S/C12H11BrN4O3/c1-7-10(13)11(16(2)15-7)14-12(18)8-3-5-9(6-4-8)17(19)20/h3-6H,1-2H3,(H,14,18). The summed E-state index contributed by atoms with van der Waals surface area (Å²) in [5.74, 6) is 0.175. The fourth-order valence-electron chi connectivity index (χ4n) is 1.68. The van der Waals surface area contributed by atoms with Gasteiger partial charge < -0.3 is 5.32 Å². The Morgan fingerprint density at radius 3 is 2.45 bits per heavy atom. The van der Waals surface area contributed by atoms with E-state index in [4.69, 9.17) is 0 Å². The average molecular weight is 339 g/mol. The molecule has 2 aromatic rings. The van der Waals surface area contributed by atoms with Crippen molar-refractivity contribution in [1.29, 1.82) is 0 Å². The van der Waals surface area contributed by atoms with Gasteiger partial charge in [0.25, 0.3) is 11.6 Å². The van der Waals surface area contributed by atoms with Gasteiger partial charge in [-0.2, -0.15) is 5.10 Å². The van der Waals surface area contributed by atoms with Gasteiger partial charge in [-0.15, -0.1) is 0 Å². The predicted molar refractivity (Wildman–Crippen MR) is 76.7 cm³/mol. The zero-order chi connectivity index (χ0) is 14.9. The molecule has 0 aliphatic carbocycles. The van der Waals surface area contributed by atoms with E-state index in [1.807, 2.05) is 6.92 Å². The van der Waals surface area contributed by atoms with Gasteiger partial charge in [0.2, 0.25) is 0 Å². The van der Waals surface area contributed by atoms with Crippen molar-refractivity contribution in [3.63, 3.8) is 0 Å². The molecule has 20 heavy (non-hydrogen) atoms. The number of nitrogens with one attached hydrogen (secondary N) is 1. The number of halogens is 1. The minimum absolute atomic E-state index is 0.0564. The number of carbonyl (C=O) groups is 1. The number of carbonyl (C=O) groups excluding carboxylic acids is 1. The molecule has 1 aromatic carbocycles. The molecule has 0 unspecified atom stereocenters. The molecule has 1 amide bonds. The van der Waals surface area contributed by atoms with E-state index < -0.39 is 4.92 Å². The summed E-state index contributed by atoms with van der Waals surface area (Å²) in [6, 6.07) is 5.39. The molecule has 7 nitrogen and oxygen atoms in total. The molecule has 0 saturated heterocycles. The number of nitro benzene ring substituents is 1. The largest absolute Gasteiger partial charge is 0.306 e. The molecule has 0 aliphatic heterocycles. The molecule has 8 heteroatoms. The minimum atomic E-state index is -0.511. The third-order valence-electron chi connectivity index (χ3n) is 2.72. The topological polar surface area (TPSA) is 90.1 Å². The highest BCUT2D eigenvalue weighted by atomic mass is 79.9. The van der Waals surface area contributed by atoms with Gasteiger partial charge in [0.1, 0.15) is 5.82 Å². The van der Waals surface area contributed by atoms with Crippen LogP contribution in [0.2, 0.25) is 0 Å². The maximum Gasteiger partial charge on any atom is 0.269 e. The number of anilines is 1. The van der Waals surface area contributed by atoms with Gasteiger partial charge in [-0.1, -0.05) is 0 Å². The van der Waals surface area contributed by atoms with Crippen LogP contribution < -0.4 is 5.32 Å². The maximum atomic E-state index is 12.1. The van der Waals surface area contributed by atoms with Crippen molar-refractivity contribution in [2.75, 3.05) is 5.32 Å². The SMILES string of the molecule is Cc1nn(C)c(NC(=O)c2ccc([N+](=O)[O-])cc2)c1Br. The van der Waals surface area contributed by atoms with Crippen molar-refractivity contribution < 1.29 is 9.72 Å². The quantitative estimate of drug-likeness (QED) is 0.688. The third kappa shape index (κ3) is 2.69. The second-order valence-corrected chi connectivity index (χ2v) is 4.92. The van der Waals surface area contributed by atoms with E-state index in [0.717, 1.165) is 5.69 Å². The molecule has 1 heterocycles. The van der Waals surface area contributed by atoms with E-state index in [2.05, 4.69) is 26.3 Å². The van der Waals surface area contributed by atoms with Crippen LogP contribution in [0.5, 0.6) is 0 Å². The summed E-state index contributed by atoms with van der Waals surface area (Å²) in [6.07, 6.45) is 0. The molecular formula is C12H11BrN4O3. The zero-order valence-electron chi connectivity index (χ0n) is 10.8. The van der Waals surface area contributed by atoms with Crippen LogP contribution in [0.25, 0.3) is 0 Å². The highest BCUT2D eigenvalue weighted by molar-refractivity contribution is 9.10. The molecular weight excluding hydrogens is 328 g/mol. The fourth-order valence-corrected chi connectivity index (χ4v) is 2.12. The number of nitro groups is 1. The normalized spacial score (nSPS) is 10.3. The lowest BCUT2D eigenvalue weighted by atomic mass is 10.2. The van der Waals surface area contributed by atoms with Crippen LogP contribution in [-0.2, 0) is 7.05 Å². The van der Waals surface area contributed by atoms with Crippen LogP contribution in [0.4, 0.5) is 11.5 Å². The smallest absolute Gasteiger partial charge is 0.269 e. The first-order valence-corrected chi connectivity index (χ1v) is 6.44. The van der Waals surface area contributed by atoms with Crippen molar-refractivity contribution >= 4 is 33.3 Å². The lowest BCUT2D eigenvalue weighted by Crippen LogP contribution is -2.14. The maximum absolute atomic E-state index is 12.1. The number of amides is 1. The summed E-state index contributed by atoms with van der Waals surface area (Å²) >= 11 is 3.35. The fraction of sp³-hybridized carbons (Fsp3) is 0.167. The number of aryl methyl sites for hydroxylation is 2. The molecule has 0 radical (unpaired) electrons. The van der Waals surface area contributed by atoms with E-state index in [1.165, 1.54) is 24.3 Å². The Bertz CT molecular complexity index is 679. The van der Waals surface area contributed by atoms with Gasteiger partial charge in [-0.3, -0.25) is 19.6 Å². The number of hydrogen-bond acceptors (Lipinski definition) is 4. The van der Waals surface area contributed by atoms with Gasteiger partial charge in [-0.25, -0.2) is 0 Å². The first kappa shape index (κ1) is 14.2. The average Bonchev–Trinajstić information content (AvgIpc) is 2.65. The monoisotopic (exact) mass is 338 g/mol. The van der Waals surface area contributed by atoms with E-state index in [1.54, 1.807) is 11.7 Å². The van der Waals surface area contributed by atoms with Crippen molar-refractivity contribution in [3.05, 3.63) is 50.1 Å². The highest BCUT2D eigenvalue weighted by Crippen LogP contribution is 2.25. The van der Waals surface area contributed by atoms with E-state index >= 15 is 0 Å². The first-order chi connectivity index (χ1) is 9.40. The van der Waals surface area contributed by atoms with Crippen LogP contribution in [0.1, 0.15) is 16.1 Å². The number of aromatic nitrogens is 2. The summed E-state index contributed by atoms with van der Waals surface area (Å²) < 4.78 is 2.25. The zero-order valence-corrected chi connectivity index (χ0v) is 12.3. The Morgan fingerprint density at radius 1 is 1.40 bits per heavy atom. The Morgan fingerprint density at radius 2 is 2.00 bits per heavy atom. The molecule has 0 spiro atoms. The number of nitrogens with zero attached hydrogens (tertiary/aromatic N) is 3. The molecule has 1 N–H and O–H groups in total. The van der Waals surface area contributed by atoms with Crippen molar-refractivity contribution in [3.8, 4) is 0 Å². The summed E-state index contributed by atoms with van der Waals surface area (Å²) in [6.45, 7) is 1.81. The van der Waals surface area contributed by atoms with Crippen molar-refractivity contribution in [2.24, 2.45) is 7.05 Å². The number of non-ortho nitro benzene ring substituents is 1. The number of benzene rings is 1. The van der Waals surface area contributed by atoms with Crippen LogP contribution in [-0.4, -0.2) is 20.6 Å². The minimum Gasteiger partial charge on any atom is -0.306 e. The van der Waals surface area contributed by atoms with Crippen LogP contribution in [0.15, 0.2) is 28.7 Å². The second kappa shape index (κ2) is 5.41.